The molecule has 4 aliphatic heterocycles. The number of ether oxygens (including phenoxy) is 2. The van der Waals surface area contributed by atoms with Crippen molar-refractivity contribution in [3.63, 3.8) is 0 Å². The van der Waals surface area contributed by atoms with Gasteiger partial charge in [0.25, 0.3) is 23.6 Å². The molecule has 9 heterocycles. The third kappa shape index (κ3) is 25.1. The Morgan fingerprint density at radius 3 is 1.02 bits per heavy atom. The zero-order chi connectivity index (χ0) is 98.8. The summed E-state index contributed by atoms with van der Waals surface area (Å²) >= 11 is 0. The van der Waals surface area contributed by atoms with Crippen LogP contribution in [-0.2, 0) is 61.3 Å². The molecule has 730 valence electrons. The van der Waals surface area contributed by atoms with E-state index in [2.05, 4.69) is 132 Å². The van der Waals surface area contributed by atoms with Crippen molar-refractivity contribution >= 4 is 70.0 Å². The highest BCUT2D eigenvalue weighted by Crippen LogP contribution is 2.34. The van der Waals surface area contributed by atoms with Crippen molar-refractivity contribution < 1.29 is 62.7 Å². The molecular formula is C103H124FN23O12. The van der Waals surface area contributed by atoms with E-state index >= 15 is 0 Å². The third-order valence-electron chi connectivity index (χ3n) is 25.6. The average molecular weight is 1900 g/mol. The molecule has 0 unspecified atom stereocenters. The number of nitrogens with one attached hydrogen (secondary N) is 8. The maximum atomic E-state index is 14.8. The number of nitrogens with two attached hydrogens (primary N) is 4. The highest BCUT2D eigenvalue weighted by molar-refractivity contribution is 6.01. The number of carbonyl (C=O) groups is 5. The summed E-state index contributed by atoms with van der Waals surface area (Å²) in [6.07, 6.45) is 7.16. The van der Waals surface area contributed by atoms with E-state index in [1.807, 2.05) is 161 Å². The standard InChI is InChI=1S/C29H37N7O4.C27H36N6O2.C24H28FN5O3.C23H23N5O3/c1-19-15-22(16-20(2)26(19)37)18-31-28-25(27(30)38)24(32-33-28)17-21-3-5-23(6-4-21)34-7-9-35(10-8-34)29(39)36-11-13-40-14-12-36;1-17-13-20(14-18(2)25(17)34)16-29-27-24(26(28)35)23(30-31-27)15-19-5-7-22(8-6-19)33-11-9-21(10-12-33)32(3)4;1-14-9-17(10-15(2)22(14)31)13-27-24-21(23(26)32)19(28-29-24)12-16-3-4-20(18(25)11-16)30-5-7-33-8-6-30;1-13-7-16(8-14(2)21(13)29)10-26-23-20(22(24)30)18(27-28-23)9-15-3-5-17(6-4-15)19-11-25-12-31-19/h3-6,15-16,37H,7-14,17-18H2,1-2H3,(H2,30,38)(H2,31,32,33);5-8,13-14,21,34H,9-12,15-16H2,1-4H3,(H2,28,35)(H2,29,30,31);3-4,9-11,31H,5-8,12-13H2,1-2H3,(H2,26,32)(H2,27,28,29);3-8,11-12,29H,9-10H2,1-2H3,(H2,24,30)(H2,26,27,28). The number of rotatable bonds is 29. The van der Waals surface area contributed by atoms with Gasteiger partial charge in [0.1, 0.15) is 51.1 Å². The Hall–Kier alpha value is -15.4. The number of aromatic amines is 4. The number of amides is 6. The number of morpholine rings is 2. The van der Waals surface area contributed by atoms with Gasteiger partial charge in [-0.2, -0.15) is 20.4 Å². The first-order valence-corrected chi connectivity index (χ1v) is 46.4. The summed E-state index contributed by atoms with van der Waals surface area (Å²) in [4.78, 5) is 78.4. The van der Waals surface area contributed by atoms with E-state index in [0.717, 1.165) is 121 Å². The number of aromatic hydroxyl groups is 4. The second-order valence-electron chi connectivity index (χ2n) is 35.9. The SMILES string of the molecule is Cc1cc(CNc2n[nH]c(Cc3ccc(-c4cnco4)cc3)c2C(N)=O)cc(C)c1O.Cc1cc(CNc2n[nH]c(Cc3ccc(N4CCC(N(C)C)CC4)cc3)c2C(N)=O)cc(C)c1O.Cc1cc(CNc2n[nH]c(Cc3ccc(N4CCN(C(=O)N5CCOCC5)CC4)cc3)c2C(N)=O)cc(C)c1O.Cc1cc(CNc2n[nH]c(Cc3ccc(N4CCOCC4)c(F)c3)c2C(N)=O)cc(C)c1O. The van der Waals surface area contributed by atoms with Crippen LogP contribution in [0.2, 0.25) is 0 Å². The van der Waals surface area contributed by atoms with E-state index in [4.69, 9.17) is 36.8 Å². The average Bonchev–Trinajstić information content (AvgIpc) is 1.66. The molecule has 20 N–H and O–H groups in total. The second kappa shape index (κ2) is 45.5. The Labute approximate surface area is 806 Å². The zero-order valence-electron chi connectivity index (χ0n) is 80.1. The van der Waals surface area contributed by atoms with Crippen LogP contribution in [0.4, 0.5) is 49.5 Å². The fourth-order valence-electron chi connectivity index (χ4n) is 18.0. The number of halogens is 1. The van der Waals surface area contributed by atoms with Gasteiger partial charge in [0.2, 0.25) is 0 Å². The lowest BCUT2D eigenvalue weighted by Gasteiger charge is -2.39. The highest BCUT2D eigenvalue weighted by atomic mass is 19.1. The van der Waals surface area contributed by atoms with E-state index in [1.165, 1.54) is 31.0 Å². The molecule has 0 bridgehead atoms. The normalized spacial score (nSPS) is 13.9. The molecule has 0 radical (unpaired) electrons. The van der Waals surface area contributed by atoms with Gasteiger partial charge in [-0.05, 0) is 208 Å². The number of hydrogen-bond donors (Lipinski definition) is 16. The predicted octanol–water partition coefficient (Wildman–Crippen LogP) is 12.9. The number of hydrogen-bond acceptors (Lipinski definition) is 25. The van der Waals surface area contributed by atoms with Crippen molar-refractivity contribution in [1.82, 2.24) is 60.5 Å². The van der Waals surface area contributed by atoms with Gasteiger partial charge in [-0.25, -0.2) is 14.2 Å². The summed E-state index contributed by atoms with van der Waals surface area (Å²) in [5, 5.41) is 81.6. The Balaban J connectivity index is 0.000000148. The molecule has 4 fully saturated rings. The number of carbonyl (C=O) groups excluding carboxylic acids is 5. The molecule has 4 saturated heterocycles. The van der Waals surface area contributed by atoms with E-state index in [9.17, 15) is 48.8 Å². The van der Waals surface area contributed by atoms with E-state index in [-0.39, 0.29) is 41.1 Å². The monoisotopic (exact) mass is 1890 g/mol. The van der Waals surface area contributed by atoms with Crippen molar-refractivity contribution in [3.8, 4) is 34.3 Å². The van der Waals surface area contributed by atoms with Crippen LogP contribution in [0.5, 0.6) is 23.0 Å². The van der Waals surface area contributed by atoms with Crippen molar-refractivity contribution in [3.05, 3.63) is 292 Å². The minimum absolute atomic E-state index is 0.102. The first-order valence-electron chi connectivity index (χ1n) is 46.4. The fourth-order valence-corrected chi connectivity index (χ4v) is 18.0. The van der Waals surface area contributed by atoms with E-state index in [1.54, 1.807) is 12.3 Å². The number of phenols is 4. The van der Waals surface area contributed by atoms with Crippen LogP contribution in [0.3, 0.4) is 0 Å². The largest absolute Gasteiger partial charge is 0.507 e. The Morgan fingerprint density at radius 2 is 0.705 bits per heavy atom. The van der Waals surface area contributed by atoms with Crippen LogP contribution in [0.25, 0.3) is 11.3 Å². The number of phenolic OH excluding ortho intramolecular Hbond substituents is 4. The number of primary amides is 4. The summed E-state index contributed by atoms with van der Waals surface area (Å²) in [5.74, 6) is 0.881. The Morgan fingerprint density at radius 1 is 0.396 bits per heavy atom. The summed E-state index contributed by atoms with van der Waals surface area (Å²) in [6.45, 7) is 26.6. The lowest BCUT2D eigenvalue weighted by Crippen LogP contribution is -2.54. The Bertz CT molecular complexity index is 6370. The molecular weight excluding hydrogens is 1770 g/mol. The van der Waals surface area contributed by atoms with Gasteiger partial charge in [-0.15, -0.1) is 0 Å². The van der Waals surface area contributed by atoms with Gasteiger partial charge in [0, 0.05) is 140 Å². The topological polar surface area (TPSA) is 497 Å². The second-order valence-corrected chi connectivity index (χ2v) is 35.9. The number of benzene rings is 8. The molecule has 139 heavy (non-hydrogen) atoms. The van der Waals surface area contributed by atoms with Crippen molar-refractivity contribution in [2.45, 2.75) is 126 Å². The van der Waals surface area contributed by atoms with Gasteiger partial charge in [-0.1, -0.05) is 103 Å². The molecule has 35 nitrogen and oxygen atoms in total. The van der Waals surface area contributed by atoms with Crippen LogP contribution < -0.4 is 58.9 Å². The van der Waals surface area contributed by atoms with Gasteiger partial charge in [-0.3, -0.25) is 39.6 Å². The van der Waals surface area contributed by atoms with Crippen LogP contribution in [0.1, 0.15) is 166 Å². The minimum atomic E-state index is -0.621. The molecule has 0 saturated carbocycles. The highest BCUT2D eigenvalue weighted by Gasteiger charge is 2.30. The van der Waals surface area contributed by atoms with Gasteiger partial charge < -0.3 is 108 Å². The summed E-state index contributed by atoms with van der Waals surface area (Å²) < 4.78 is 30.8. The molecule has 0 atom stereocenters. The third-order valence-corrected chi connectivity index (χ3v) is 25.6. The first kappa shape index (κ1) is 99.5. The number of H-pyrrole nitrogens is 4. The van der Waals surface area contributed by atoms with Gasteiger partial charge in [0.05, 0.1) is 61.1 Å². The molecule has 0 spiro atoms. The lowest BCUT2D eigenvalue weighted by atomic mass is 10.0. The number of piperidine rings is 1. The molecule has 6 amide bonds. The number of aryl methyl sites for hydroxylation is 8. The quantitative estimate of drug-likeness (QED) is 0.0207. The van der Waals surface area contributed by atoms with E-state index in [0.29, 0.717) is 203 Å². The zero-order valence-corrected chi connectivity index (χ0v) is 80.1. The molecule has 5 aromatic heterocycles. The number of oxazole rings is 1. The number of nitrogens with zero attached hydrogens (tertiary/aromatic N) is 11. The molecule has 0 aliphatic carbocycles. The molecule has 13 aromatic rings. The fraction of sp³-hybridized carbons (Fsp3) is 0.340. The maximum absolute atomic E-state index is 14.8. The van der Waals surface area contributed by atoms with Crippen molar-refractivity contribution in [2.75, 3.05) is 142 Å². The summed E-state index contributed by atoms with van der Waals surface area (Å²) in [5.41, 5.74) is 44.3. The first-order chi connectivity index (χ1) is 66.8. The molecule has 36 heteroatoms. The number of urea groups is 1. The Kier molecular flexibility index (Phi) is 32.6. The molecule has 8 aromatic carbocycles. The lowest BCUT2D eigenvalue weighted by molar-refractivity contribution is 0.0428. The van der Waals surface area contributed by atoms with Crippen molar-refractivity contribution in [1.29, 1.82) is 0 Å². The molecule has 4 aliphatic rings. The van der Waals surface area contributed by atoms with Crippen LogP contribution in [0, 0.1) is 61.2 Å². The number of piperazine rings is 1. The maximum Gasteiger partial charge on any atom is 0.320 e. The smallest absolute Gasteiger partial charge is 0.320 e. The van der Waals surface area contributed by atoms with Crippen LogP contribution in [-0.4, -0.2) is 223 Å². The van der Waals surface area contributed by atoms with Gasteiger partial charge in [0.15, 0.2) is 35.4 Å². The number of aromatic nitrogens is 9. The van der Waals surface area contributed by atoms with Crippen LogP contribution >= 0.6 is 0 Å². The van der Waals surface area contributed by atoms with Crippen molar-refractivity contribution in [2.24, 2.45) is 22.9 Å². The van der Waals surface area contributed by atoms with Gasteiger partial charge >= 0.3 is 6.03 Å². The number of anilines is 7. The minimum Gasteiger partial charge on any atom is -0.507 e. The predicted molar refractivity (Wildman–Crippen MR) is 534 cm³/mol. The molecule has 17 rings (SSSR count). The van der Waals surface area contributed by atoms with E-state index < -0.39 is 23.6 Å². The summed E-state index contributed by atoms with van der Waals surface area (Å²) in [7, 11) is 4.31. The summed E-state index contributed by atoms with van der Waals surface area (Å²) in [6, 6.07) is 45.5. The van der Waals surface area contributed by atoms with Crippen LogP contribution in [0.15, 0.2) is 157 Å².